The van der Waals surface area contributed by atoms with E-state index in [4.69, 9.17) is 10.5 Å². The summed E-state index contributed by atoms with van der Waals surface area (Å²) in [6.45, 7) is 2.24. The molecule has 1 aromatic carbocycles. The first-order valence-electron chi connectivity index (χ1n) is 13.7. The molecular formula is C30H34F2N6O. The first-order chi connectivity index (χ1) is 18.9. The van der Waals surface area contributed by atoms with Gasteiger partial charge in [0.15, 0.2) is 0 Å². The average molecular weight is 533 g/mol. The fourth-order valence-corrected chi connectivity index (χ4v) is 6.64. The van der Waals surface area contributed by atoms with Crippen LogP contribution in [0, 0.1) is 17.6 Å². The van der Waals surface area contributed by atoms with Crippen LogP contribution in [0.15, 0.2) is 48.9 Å². The van der Waals surface area contributed by atoms with Gasteiger partial charge < -0.3 is 15.8 Å². The number of nitrogens with one attached hydrogen (secondary N) is 1. The maximum atomic E-state index is 15.5. The second kappa shape index (κ2) is 10.3. The maximum Gasteiger partial charge on any atom is 0.229 e. The third kappa shape index (κ3) is 4.78. The minimum Gasteiger partial charge on any atom is -0.374 e. The number of nitrogens with two attached hydrogens (primary N) is 1. The van der Waals surface area contributed by atoms with Gasteiger partial charge in [-0.15, -0.1) is 0 Å². The van der Waals surface area contributed by atoms with Crippen molar-refractivity contribution in [2.24, 2.45) is 11.7 Å². The number of nitrogens with zero attached hydrogens (tertiary/aromatic N) is 4. The molecule has 3 N–H and O–H groups in total. The summed E-state index contributed by atoms with van der Waals surface area (Å²) in [5.74, 6) is -0.0315. The highest BCUT2D eigenvalue weighted by Gasteiger charge is 2.37. The summed E-state index contributed by atoms with van der Waals surface area (Å²) in [4.78, 5) is 8.83. The Morgan fingerprint density at radius 2 is 1.82 bits per heavy atom. The highest BCUT2D eigenvalue weighted by atomic mass is 19.1. The van der Waals surface area contributed by atoms with Crippen molar-refractivity contribution in [1.29, 1.82) is 0 Å². The van der Waals surface area contributed by atoms with Crippen molar-refractivity contribution >= 4 is 17.2 Å². The molecule has 2 saturated carbocycles. The van der Waals surface area contributed by atoms with E-state index < -0.39 is 17.2 Å². The molecule has 204 valence electrons. The molecule has 0 aliphatic heterocycles. The number of hydrogen-bond donors (Lipinski definition) is 2. The Balaban J connectivity index is 1.34. The van der Waals surface area contributed by atoms with Crippen LogP contribution in [0.5, 0.6) is 0 Å². The van der Waals surface area contributed by atoms with E-state index in [1.165, 1.54) is 12.1 Å². The summed E-state index contributed by atoms with van der Waals surface area (Å²) >= 11 is 0. The zero-order valence-corrected chi connectivity index (χ0v) is 22.3. The number of anilines is 2. The number of ether oxygens (including phenoxy) is 1. The monoisotopic (exact) mass is 532 g/mol. The minimum atomic E-state index is -0.660. The molecule has 39 heavy (non-hydrogen) atoms. The first-order valence-corrected chi connectivity index (χ1v) is 13.7. The van der Waals surface area contributed by atoms with Crippen LogP contribution in [0.2, 0.25) is 0 Å². The van der Waals surface area contributed by atoms with Crippen LogP contribution < -0.4 is 11.1 Å². The molecule has 2 aliphatic rings. The molecule has 0 amide bonds. The van der Waals surface area contributed by atoms with Crippen molar-refractivity contribution < 1.29 is 13.5 Å². The van der Waals surface area contributed by atoms with Crippen molar-refractivity contribution in [1.82, 2.24) is 19.6 Å². The van der Waals surface area contributed by atoms with Crippen LogP contribution in [-0.4, -0.2) is 32.7 Å². The van der Waals surface area contributed by atoms with Gasteiger partial charge in [0.1, 0.15) is 11.6 Å². The summed E-state index contributed by atoms with van der Waals surface area (Å²) in [5.41, 5.74) is 8.90. The molecule has 2 fully saturated rings. The van der Waals surface area contributed by atoms with Crippen LogP contribution in [0.3, 0.4) is 0 Å². The number of aromatic nitrogens is 4. The lowest BCUT2D eigenvalue weighted by Crippen LogP contribution is -2.31. The molecule has 3 unspecified atom stereocenters. The molecule has 9 heteroatoms. The van der Waals surface area contributed by atoms with Gasteiger partial charge in [0.25, 0.3) is 0 Å². The van der Waals surface area contributed by atoms with E-state index in [1.54, 1.807) is 42.3 Å². The number of halogens is 2. The topological polar surface area (TPSA) is 90.4 Å². The third-order valence-corrected chi connectivity index (χ3v) is 8.53. The van der Waals surface area contributed by atoms with Crippen molar-refractivity contribution in [3.05, 3.63) is 71.7 Å². The van der Waals surface area contributed by atoms with Gasteiger partial charge in [0, 0.05) is 19.3 Å². The average Bonchev–Trinajstić information content (AvgIpc) is 3.56. The first kappa shape index (κ1) is 25.8. The number of hydrogen-bond acceptors (Lipinski definition) is 6. The lowest BCUT2D eigenvalue weighted by atomic mass is 9.76. The van der Waals surface area contributed by atoms with Gasteiger partial charge in [-0.05, 0) is 85.4 Å². The fourth-order valence-electron chi connectivity index (χ4n) is 6.64. The van der Waals surface area contributed by atoms with E-state index in [1.807, 2.05) is 6.07 Å². The van der Waals surface area contributed by atoms with Crippen LogP contribution in [0.4, 0.5) is 20.4 Å². The van der Waals surface area contributed by atoms with Crippen molar-refractivity contribution in [3.8, 4) is 11.3 Å². The standard InChI is InChI=1S/C30H34F2N6O/c1-18-11-19(13-21(33)12-18)23-7-10-34-17-27(23)36-29-35-16-22-5-6-26(37-38(22)29)28-24(31)14-20(15-25(28)32)30(39-2)8-3-4-9-30/h5-7,10,14-19,21H,3-4,8-9,11-13,33H2,1-2H3,(H,35,36). The Morgan fingerprint density at radius 1 is 1.05 bits per heavy atom. The SMILES string of the molecule is COC1(c2cc(F)c(-c3ccc4cnc(Nc5cnccc5C5CC(C)CC(N)C5)n4n3)c(F)c2)CCCC1. The number of rotatable bonds is 6. The van der Waals surface area contributed by atoms with Gasteiger partial charge in [-0.3, -0.25) is 4.98 Å². The fraction of sp³-hybridized carbons (Fsp3) is 0.433. The maximum absolute atomic E-state index is 15.5. The Kier molecular flexibility index (Phi) is 6.81. The highest BCUT2D eigenvalue weighted by molar-refractivity contribution is 5.66. The summed E-state index contributed by atoms with van der Waals surface area (Å²) in [6, 6.07) is 8.35. The molecule has 2 aliphatic carbocycles. The van der Waals surface area contributed by atoms with Crippen LogP contribution in [0.25, 0.3) is 16.8 Å². The van der Waals surface area contributed by atoms with E-state index in [9.17, 15) is 0 Å². The smallest absolute Gasteiger partial charge is 0.229 e. The molecule has 0 radical (unpaired) electrons. The number of fused-ring (bicyclic) bond motifs is 1. The quantitative estimate of drug-likeness (QED) is 0.296. The lowest BCUT2D eigenvalue weighted by molar-refractivity contribution is -0.00914. The third-order valence-electron chi connectivity index (χ3n) is 8.53. The van der Waals surface area contributed by atoms with Crippen molar-refractivity contribution in [2.75, 3.05) is 12.4 Å². The van der Waals surface area contributed by atoms with Crippen LogP contribution >= 0.6 is 0 Å². The van der Waals surface area contributed by atoms with Gasteiger partial charge >= 0.3 is 0 Å². The molecule has 3 heterocycles. The Bertz CT molecular complexity index is 1470. The molecule has 7 nitrogen and oxygen atoms in total. The Hall–Kier alpha value is -3.43. The van der Waals surface area contributed by atoms with Gasteiger partial charge in [0.2, 0.25) is 5.95 Å². The predicted molar refractivity (Wildman–Crippen MR) is 147 cm³/mol. The summed E-state index contributed by atoms with van der Waals surface area (Å²) in [5, 5.41) is 7.97. The minimum absolute atomic E-state index is 0.167. The lowest BCUT2D eigenvalue weighted by Gasteiger charge is -2.32. The van der Waals surface area contributed by atoms with E-state index >= 15 is 8.78 Å². The van der Waals surface area contributed by atoms with Crippen molar-refractivity contribution in [3.63, 3.8) is 0 Å². The Labute approximate surface area is 226 Å². The molecule has 3 aromatic heterocycles. The largest absolute Gasteiger partial charge is 0.374 e. The molecule has 0 bridgehead atoms. The molecule has 0 spiro atoms. The zero-order valence-electron chi connectivity index (χ0n) is 22.3. The number of methoxy groups -OCH3 is 1. The predicted octanol–water partition coefficient (Wildman–Crippen LogP) is 6.46. The Morgan fingerprint density at radius 3 is 2.54 bits per heavy atom. The van der Waals surface area contributed by atoms with Gasteiger partial charge in [-0.2, -0.15) is 9.61 Å². The normalized spacial score (nSPS) is 22.8. The highest BCUT2D eigenvalue weighted by Crippen LogP contribution is 2.43. The van der Waals surface area contributed by atoms with E-state index in [2.05, 4.69) is 27.3 Å². The van der Waals surface area contributed by atoms with Crippen molar-refractivity contribution in [2.45, 2.75) is 69.4 Å². The summed E-state index contributed by atoms with van der Waals surface area (Å²) < 4.78 is 38.2. The second-order valence-electron chi connectivity index (χ2n) is 11.2. The van der Waals surface area contributed by atoms with E-state index in [0.29, 0.717) is 28.9 Å². The molecule has 6 rings (SSSR count). The molecule has 3 atom stereocenters. The van der Waals surface area contributed by atoms with Gasteiger partial charge in [0.05, 0.1) is 40.5 Å². The zero-order chi connectivity index (χ0) is 27.1. The van der Waals surface area contributed by atoms with Gasteiger partial charge in [-0.1, -0.05) is 19.8 Å². The molecule has 0 saturated heterocycles. The second-order valence-corrected chi connectivity index (χ2v) is 11.2. The summed E-state index contributed by atoms with van der Waals surface area (Å²) in [6.07, 6.45) is 11.7. The molecular weight excluding hydrogens is 498 g/mol. The number of imidazole rings is 1. The van der Waals surface area contributed by atoms with E-state index in [-0.39, 0.29) is 17.3 Å². The van der Waals surface area contributed by atoms with E-state index in [0.717, 1.165) is 56.2 Å². The van der Waals surface area contributed by atoms with Gasteiger partial charge in [-0.25, -0.2) is 13.8 Å². The molecule has 4 aromatic rings. The number of pyridine rings is 1. The van der Waals surface area contributed by atoms with Crippen LogP contribution in [0.1, 0.15) is 68.9 Å². The van der Waals surface area contributed by atoms with Crippen LogP contribution in [-0.2, 0) is 10.3 Å². The number of benzene rings is 1. The summed E-state index contributed by atoms with van der Waals surface area (Å²) in [7, 11) is 1.61.